The average Bonchev–Trinajstić information content (AvgIpc) is 1.84. The normalized spacial score (nSPS) is 8.42. The van der Waals surface area contributed by atoms with E-state index in [9.17, 15) is 14.4 Å². The summed E-state index contributed by atoms with van der Waals surface area (Å²) in [6, 6.07) is 0. The molecule has 12 heavy (non-hydrogen) atoms. The molecule has 0 rings (SSSR count). The fourth-order valence-corrected chi connectivity index (χ4v) is 0.442. The number of amides is 3. The first kappa shape index (κ1) is 10.2. The molecule has 0 aromatic carbocycles. The number of carbonyl (C=O) groups is 3. The molecule has 3 N–H and O–H groups in total. The Balaban J connectivity index is 4.03. The molecule has 6 heteroatoms. The highest BCUT2D eigenvalue weighted by Crippen LogP contribution is 1.83. The molecule has 0 aliphatic rings. The van der Waals surface area contributed by atoms with Crippen molar-refractivity contribution >= 4 is 17.9 Å². The van der Waals surface area contributed by atoms with Gasteiger partial charge in [0.25, 0.3) is 5.91 Å². The monoisotopic (exact) mass is 172 g/mol. The van der Waals surface area contributed by atoms with E-state index in [4.69, 9.17) is 5.11 Å². The molecule has 0 spiro atoms. The van der Waals surface area contributed by atoms with Crippen LogP contribution in [0.3, 0.4) is 0 Å². The van der Waals surface area contributed by atoms with Gasteiger partial charge in [0.15, 0.2) is 0 Å². The fourth-order valence-electron chi connectivity index (χ4n) is 0.442. The van der Waals surface area contributed by atoms with Crippen LogP contribution in [-0.4, -0.2) is 23.0 Å². The molecule has 66 valence electrons. The van der Waals surface area contributed by atoms with Crippen LogP contribution in [0.2, 0.25) is 0 Å². The Morgan fingerprint density at radius 3 is 2.08 bits per heavy atom. The van der Waals surface area contributed by atoms with Crippen LogP contribution in [0.5, 0.6) is 0 Å². The SMILES string of the molecule is C=C(NC(C)=O)C(=O)NC(=O)O. The molecule has 0 aliphatic carbocycles. The van der Waals surface area contributed by atoms with Crippen LogP contribution >= 0.6 is 0 Å². The van der Waals surface area contributed by atoms with Crippen LogP contribution < -0.4 is 10.6 Å². The molecule has 0 radical (unpaired) electrons. The zero-order valence-electron chi connectivity index (χ0n) is 6.38. The van der Waals surface area contributed by atoms with Gasteiger partial charge in [0, 0.05) is 6.92 Å². The quantitative estimate of drug-likeness (QED) is 0.486. The average molecular weight is 172 g/mol. The van der Waals surface area contributed by atoms with Crippen LogP contribution in [-0.2, 0) is 9.59 Å². The maximum absolute atomic E-state index is 10.7. The highest BCUT2D eigenvalue weighted by Gasteiger charge is 2.10. The third-order valence-corrected chi connectivity index (χ3v) is 0.821. The van der Waals surface area contributed by atoms with Crippen LogP contribution in [0, 0.1) is 0 Å². The van der Waals surface area contributed by atoms with Crippen molar-refractivity contribution in [2.45, 2.75) is 6.92 Å². The zero-order chi connectivity index (χ0) is 9.72. The third kappa shape index (κ3) is 4.04. The highest BCUT2D eigenvalue weighted by atomic mass is 16.4. The summed E-state index contributed by atoms with van der Waals surface area (Å²) in [4.78, 5) is 30.9. The molecular weight excluding hydrogens is 164 g/mol. The second-order valence-corrected chi connectivity index (χ2v) is 1.92. The first-order valence-electron chi connectivity index (χ1n) is 2.94. The minimum Gasteiger partial charge on any atom is -0.465 e. The molecule has 0 heterocycles. The van der Waals surface area contributed by atoms with E-state index in [1.807, 2.05) is 5.32 Å². The molecule has 0 aromatic heterocycles. The Morgan fingerprint density at radius 1 is 1.25 bits per heavy atom. The van der Waals surface area contributed by atoms with Crippen LogP contribution in [0.4, 0.5) is 4.79 Å². The van der Waals surface area contributed by atoms with Gasteiger partial charge < -0.3 is 10.4 Å². The molecule has 0 atom stereocenters. The van der Waals surface area contributed by atoms with Crippen LogP contribution in [0.15, 0.2) is 12.3 Å². The van der Waals surface area contributed by atoms with Gasteiger partial charge in [-0.1, -0.05) is 6.58 Å². The first-order valence-corrected chi connectivity index (χ1v) is 2.94. The lowest BCUT2D eigenvalue weighted by atomic mass is 10.4. The molecule has 0 fully saturated rings. The highest BCUT2D eigenvalue weighted by molar-refractivity contribution is 6.03. The summed E-state index contributed by atoms with van der Waals surface area (Å²) >= 11 is 0. The molecule has 0 saturated heterocycles. The summed E-state index contributed by atoms with van der Waals surface area (Å²) in [5, 5.41) is 11.6. The first-order chi connectivity index (χ1) is 5.43. The van der Waals surface area contributed by atoms with Crippen molar-refractivity contribution in [1.29, 1.82) is 0 Å². The lowest BCUT2D eigenvalue weighted by molar-refractivity contribution is -0.122. The van der Waals surface area contributed by atoms with Crippen molar-refractivity contribution < 1.29 is 19.5 Å². The minimum atomic E-state index is -1.49. The number of hydrogen-bond acceptors (Lipinski definition) is 3. The number of hydrogen-bond donors (Lipinski definition) is 3. The van der Waals surface area contributed by atoms with E-state index in [1.54, 1.807) is 0 Å². The minimum absolute atomic E-state index is 0.301. The van der Waals surface area contributed by atoms with Gasteiger partial charge in [-0.25, -0.2) is 4.79 Å². The van der Waals surface area contributed by atoms with Gasteiger partial charge in [-0.2, -0.15) is 0 Å². The third-order valence-electron chi connectivity index (χ3n) is 0.821. The Kier molecular flexibility index (Phi) is 3.48. The molecule has 0 aromatic rings. The van der Waals surface area contributed by atoms with E-state index in [0.717, 1.165) is 0 Å². The maximum atomic E-state index is 10.7. The summed E-state index contributed by atoms with van der Waals surface area (Å²) < 4.78 is 0. The van der Waals surface area contributed by atoms with E-state index >= 15 is 0 Å². The topological polar surface area (TPSA) is 95.5 Å². The number of rotatable bonds is 2. The predicted molar refractivity (Wildman–Crippen MR) is 39.1 cm³/mol. The molecule has 0 saturated carbocycles. The van der Waals surface area contributed by atoms with Crippen molar-refractivity contribution in [2.75, 3.05) is 0 Å². The number of carboxylic acid groups (broad SMARTS) is 1. The lowest BCUT2D eigenvalue weighted by Crippen LogP contribution is -2.36. The predicted octanol–water partition coefficient (Wildman–Crippen LogP) is -0.570. The van der Waals surface area contributed by atoms with Gasteiger partial charge in [-0.3, -0.25) is 14.9 Å². The van der Waals surface area contributed by atoms with Crippen LogP contribution in [0.1, 0.15) is 6.92 Å². The van der Waals surface area contributed by atoms with Gasteiger partial charge in [0.2, 0.25) is 5.91 Å². The van der Waals surface area contributed by atoms with Gasteiger partial charge >= 0.3 is 6.09 Å². The summed E-state index contributed by atoms with van der Waals surface area (Å²) in [7, 11) is 0. The number of nitrogens with one attached hydrogen (secondary N) is 2. The summed E-state index contributed by atoms with van der Waals surface area (Å²) in [5.74, 6) is -1.43. The standard InChI is InChI=1S/C6H8N2O4/c1-3(7-4(2)9)5(10)8-6(11)12/h1H2,2H3,(H,7,9)(H,8,10)(H,11,12). The largest absolute Gasteiger partial charge is 0.465 e. The lowest BCUT2D eigenvalue weighted by Gasteiger charge is -2.02. The number of carbonyl (C=O) groups excluding carboxylic acids is 2. The zero-order valence-corrected chi connectivity index (χ0v) is 6.38. The Morgan fingerprint density at radius 2 is 1.75 bits per heavy atom. The molecule has 0 bridgehead atoms. The summed E-state index contributed by atoms with van der Waals surface area (Å²) in [6.07, 6.45) is -1.49. The van der Waals surface area contributed by atoms with Crippen LogP contribution in [0.25, 0.3) is 0 Å². The fraction of sp³-hybridized carbons (Fsp3) is 0.167. The maximum Gasteiger partial charge on any atom is 0.411 e. The molecule has 3 amide bonds. The van der Waals surface area contributed by atoms with Gasteiger partial charge in [0.1, 0.15) is 0 Å². The van der Waals surface area contributed by atoms with E-state index in [1.165, 1.54) is 12.2 Å². The molecule has 6 nitrogen and oxygen atoms in total. The summed E-state index contributed by atoms with van der Waals surface area (Å²) in [5.41, 5.74) is -0.301. The smallest absolute Gasteiger partial charge is 0.411 e. The van der Waals surface area contributed by atoms with Crippen molar-refractivity contribution in [1.82, 2.24) is 10.6 Å². The van der Waals surface area contributed by atoms with E-state index in [0.29, 0.717) is 0 Å². The van der Waals surface area contributed by atoms with E-state index in [-0.39, 0.29) is 5.70 Å². The van der Waals surface area contributed by atoms with Gasteiger partial charge in [-0.15, -0.1) is 0 Å². The van der Waals surface area contributed by atoms with Gasteiger partial charge in [-0.05, 0) is 0 Å². The number of imide groups is 1. The van der Waals surface area contributed by atoms with Gasteiger partial charge in [0.05, 0.1) is 5.70 Å². The van der Waals surface area contributed by atoms with Crippen molar-refractivity contribution in [2.24, 2.45) is 0 Å². The summed E-state index contributed by atoms with van der Waals surface area (Å²) in [6.45, 7) is 4.32. The second kappa shape index (κ2) is 4.12. The molecule has 0 aliphatic heterocycles. The molecular formula is C6H8N2O4. The Hall–Kier alpha value is -1.85. The van der Waals surface area contributed by atoms with Crippen molar-refractivity contribution in [3.05, 3.63) is 12.3 Å². The second-order valence-electron chi connectivity index (χ2n) is 1.92. The molecule has 0 unspecified atom stereocenters. The van der Waals surface area contributed by atoms with E-state index in [2.05, 4.69) is 6.58 Å². The van der Waals surface area contributed by atoms with Crippen molar-refractivity contribution in [3.8, 4) is 0 Å². The Labute approximate surface area is 68.3 Å². The Bertz CT molecular complexity index is 220. The van der Waals surface area contributed by atoms with Crippen molar-refractivity contribution in [3.63, 3.8) is 0 Å². The van der Waals surface area contributed by atoms with E-state index < -0.39 is 17.9 Å².